The lowest BCUT2D eigenvalue weighted by Gasteiger charge is -2.10. The minimum absolute atomic E-state index is 0.154. The number of ether oxygens (including phenoxy) is 1. The van der Waals surface area contributed by atoms with Crippen molar-refractivity contribution in [3.8, 4) is 5.75 Å². The summed E-state index contributed by atoms with van der Waals surface area (Å²) in [6, 6.07) is 8.20. The number of halogens is 1. The molecule has 0 aliphatic carbocycles. The summed E-state index contributed by atoms with van der Waals surface area (Å²) in [4.78, 5) is 9.83. The summed E-state index contributed by atoms with van der Waals surface area (Å²) >= 11 is 0. The normalized spacial score (nSPS) is 11.2. The number of rotatable bonds is 7. The Balaban J connectivity index is 2.21. The molecule has 0 radical (unpaired) electrons. The van der Waals surface area contributed by atoms with E-state index in [4.69, 9.17) is 4.74 Å². The number of sulfone groups is 1. The first-order valence-corrected chi connectivity index (χ1v) is 9.25. The van der Waals surface area contributed by atoms with E-state index in [1.807, 2.05) is 0 Å². The molecule has 0 bridgehead atoms. The van der Waals surface area contributed by atoms with Gasteiger partial charge >= 0.3 is 0 Å². The van der Waals surface area contributed by atoms with Crippen LogP contribution in [0.3, 0.4) is 0 Å². The predicted molar refractivity (Wildman–Crippen MR) is 91.1 cm³/mol. The van der Waals surface area contributed by atoms with Gasteiger partial charge in [-0.15, -0.1) is 0 Å². The van der Waals surface area contributed by atoms with Gasteiger partial charge in [0, 0.05) is 24.6 Å². The number of nitro groups is 1. The monoisotopic (exact) mass is 368 g/mol. The van der Waals surface area contributed by atoms with E-state index in [0.717, 1.165) is 12.3 Å². The molecule has 2 aromatic carbocycles. The zero-order valence-corrected chi connectivity index (χ0v) is 14.5. The summed E-state index contributed by atoms with van der Waals surface area (Å²) in [6.45, 7) is 2.32. The van der Waals surface area contributed by atoms with Crippen LogP contribution in [0.15, 0.2) is 41.3 Å². The standard InChI is InChI=1S/C16H17FN2O5S/c1-3-24-15-7-4-11(8-13(15)17)10-18-12-5-6-14(19(20)21)16(9-12)25(2,22)23/h4-9,18H,3,10H2,1-2H3. The second-order valence-corrected chi connectivity index (χ2v) is 7.25. The number of nitro benzene ring substituents is 1. The average molecular weight is 368 g/mol. The van der Waals surface area contributed by atoms with Crippen LogP contribution in [-0.4, -0.2) is 26.2 Å². The summed E-state index contributed by atoms with van der Waals surface area (Å²) in [6.07, 6.45) is 0.904. The zero-order valence-electron chi connectivity index (χ0n) is 13.7. The molecule has 0 amide bonds. The average Bonchev–Trinajstić information content (AvgIpc) is 2.54. The highest BCUT2D eigenvalue weighted by atomic mass is 32.2. The molecule has 0 fully saturated rings. The second kappa shape index (κ2) is 7.47. The maximum atomic E-state index is 13.8. The topological polar surface area (TPSA) is 98.5 Å². The molecule has 1 N–H and O–H groups in total. The highest BCUT2D eigenvalue weighted by Gasteiger charge is 2.22. The van der Waals surface area contributed by atoms with Crippen LogP contribution in [0.25, 0.3) is 0 Å². The molecular weight excluding hydrogens is 351 g/mol. The molecule has 0 aromatic heterocycles. The molecular formula is C16H17FN2O5S. The first-order chi connectivity index (χ1) is 11.7. The van der Waals surface area contributed by atoms with Crippen molar-refractivity contribution < 1.29 is 22.5 Å². The predicted octanol–water partition coefficient (Wildman–Crippen LogP) is 3.15. The lowest BCUT2D eigenvalue weighted by atomic mass is 10.2. The molecule has 25 heavy (non-hydrogen) atoms. The molecule has 0 heterocycles. The zero-order chi connectivity index (χ0) is 18.6. The van der Waals surface area contributed by atoms with E-state index in [9.17, 15) is 22.9 Å². The van der Waals surface area contributed by atoms with Gasteiger partial charge in [-0.05, 0) is 36.8 Å². The lowest BCUT2D eigenvalue weighted by Crippen LogP contribution is -2.06. The Morgan fingerprint density at radius 1 is 1.24 bits per heavy atom. The molecule has 0 saturated carbocycles. The van der Waals surface area contributed by atoms with Gasteiger partial charge < -0.3 is 10.1 Å². The third-order valence-electron chi connectivity index (χ3n) is 3.35. The number of anilines is 1. The van der Waals surface area contributed by atoms with Crippen molar-refractivity contribution in [3.63, 3.8) is 0 Å². The molecule has 0 saturated heterocycles. The van der Waals surface area contributed by atoms with Crippen LogP contribution in [0.5, 0.6) is 5.75 Å². The maximum absolute atomic E-state index is 13.8. The highest BCUT2D eigenvalue weighted by molar-refractivity contribution is 7.90. The molecule has 0 aliphatic rings. The van der Waals surface area contributed by atoms with Crippen molar-refractivity contribution in [1.82, 2.24) is 0 Å². The van der Waals surface area contributed by atoms with Crippen molar-refractivity contribution in [2.45, 2.75) is 18.4 Å². The molecule has 0 unspecified atom stereocenters. The van der Waals surface area contributed by atoms with E-state index in [0.29, 0.717) is 17.9 Å². The summed E-state index contributed by atoms with van der Waals surface area (Å²) < 4.78 is 42.4. The Morgan fingerprint density at radius 3 is 2.52 bits per heavy atom. The van der Waals surface area contributed by atoms with Crippen LogP contribution in [-0.2, 0) is 16.4 Å². The summed E-state index contributed by atoms with van der Waals surface area (Å²) in [7, 11) is -3.76. The fraction of sp³-hybridized carbons (Fsp3) is 0.250. The van der Waals surface area contributed by atoms with Crippen molar-refractivity contribution in [3.05, 3.63) is 57.9 Å². The van der Waals surface area contributed by atoms with Gasteiger partial charge in [-0.2, -0.15) is 0 Å². The molecule has 0 atom stereocenters. The van der Waals surface area contributed by atoms with Gasteiger partial charge in [-0.3, -0.25) is 10.1 Å². The number of benzene rings is 2. The van der Waals surface area contributed by atoms with E-state index in [1.165, 1.54) is 24.3 Å². The van der Waals surface area contributed by atoms with Crippen LogP contribution in [0.4, 0.5) is 15.8 Å². The van der Waals surface area contributed by atoms with Crippen molar-refractivity contribution >= 4 is 21.2 Å². The number of nitrogens with one attached hydrogen (secondary N) is 1. The largest absolute Gasteiger partial charge is 0.491 e. The second-order valence-electron chi connectivity index (χ2n) is 5.26. The van der Waals surface area contributed by atoms with Crippen molar-refractivity contribution in [2.24, 2.45) is 0 Å². The Bertz CT molecular complexity index is 899. The summed E-state index contributed by atoms with van der Waals surface area (Å²) in [5.74, 6) is -0.345. The summed E-state index contributed by atoms with van der Waals surface area (Å²) in [5.41, 5.74) is 0.501. The fourth-order valence-electron chi connectivity index (χ4n) is 2.20. The quantitative estimate of drug-likeness (QED) is 0.595. The molecule has 0 spiro atoms. The van der Waals surface area contributed by atoms with E-state index in [-0.39, 0.29) is 17.2 Å². The van der Waals surface area contributed by atoms with Gasteiger partial charge in [0.25, 0.3) is 5.69 Å². The van der Waals surface area contributed by atoms with Gasteiger partial charge in [0.1, 0.15) is 4.90 Å². The van der Waals surface area contributed by atoms with E-state index >= 15 is 0 Å². The molecule has 2 aromatic rings. The third kappa shape index (κ3) is 4.66. The van der Waals surface area contributed by atoms with Crippen LogP contribution in [0.2, 0.25) is 0 Å². The summed E-state index contributed by atoms with van der Waals surface area (Å²) in [5, 5.41) is 13.9. The molecule has 0 aliphatic heterocycles. The SMILES string of the molecule is CCOc1ccc(CNc2ccc([N+](=O)[O-])c(S(C)(=O)=O)c2)cc1F. The van der Waals surface area contributed by atoms with Gasteiger partial charge in [0.05, 0.1) is 11.5 Å². The maximum Gasteiger partial charge on any atom is 0.288 e. The molecule has 2 rings (SSSR count). The van der Waals surface area contributed by atoms with Gasteiger partial charge in [0.2, 0.25) is 0 Å². The Labute approximate surface area is 144 Å². The number of nitrogens with zero attached hydrogens (tertiary/aromatic N) is 1. The van der Waals surface area contributed by atoms with Crippen LogP contribution >= 0.6 is 0 Å². The lowest BCUT2D eigenvalue weighted by molar-refractivity contribution is -0.387. The minimum Gasteiger partial charge on any atom is -0.491 e. The Morgan fingerprint density at radius 2 is 1.96 bits per heavy atom. The van der Waals surface area contributed by atoms with Gasteiger partial charge in [-0.25, -0.2) is 12.8 Å². The number of hydrogen-bond donors (Lipinski definition) is 1. The highest BCUT2D eigenvalue weighted by Crippen LogP contribution is 2.27. The first-order valence-electron chi connectivity index (χ1n) is 7.36. The van der Waals surface area contributed by atoms with Crippen molar-refractivity contribution in [2.75, 3.05) is 18.2 Å². The molecule has 7 nitrogen and oxygen atoms in total. The van der Waals surface area contributed by atoms with Crippen LogP contribution < -0.4 is 10.1 Å². The van der Waals surface area contributed by atoms with E-state index in [2.05, 4.69) is 5.32 Å². The smallest absolute Gasteiger partial charge is 0.288 e. The van der Waals surface area contributed by atoms with E-state index < -0.39 is 26.3 Å². The van der Waals surface area contributed by atoms with Crippen molar-refractivity contribution in [1.29, 1.82) is 0 Å². The fourth-order valence-corrected chi connectivity index (χ4v) is 3.07. The van der Waals surface area contributed by atoms with E-state index in [1.54, 1.807) is 13.0 Å². The minimum atomic E-state index is -3.76. The van der Waals surface area contributed by atoms with Gasteiger partial charge in [-0.1, -0.05) is 6.07 Å². The van der Waals surface area contributed by atoms with Crippen LogP contribution in [0, 0.1) is 15.9 Å². The van der Waals surface area contributed by atoms with Gasteiger partial charge in [0.15, 0.2) is 21.4 Å². The Hall–Kier alpha value is -2.68. The third-order valence-corrected chi connectivity index (χ3v) is 4.47. The molecule has 134 valence electrons. The first kappa shape index (κ1) is 18.7. The Kier molecular flexibility index (Phi) is 5.58. The van der Waals surface area contributed by atoms with Crippen LogP contribution in [0.1, 0.15) is 12.5 Å². The number of hydrogen-bond acceptors (Lipinski definition) is 6. The molecule has 9 heteroatoms.